The van der Waals surface area contributed by atoms with Crippen LogP contribution in [0, 0.1) is 0 Å². The third-order valence-electron chi connectivity index (χ3n) is 3.26. The Morgan fingerprint density at radius 2 is 2.00 bits per heavy atom. The smallest absolute Gasteiger partial charge is 0.421 e. The molecule has 118 valence electrons. The Hall–Kier alpha value is -2.31. The van der Waals surface area contributed by atoms with Gasteiger partial charge in [-0.25, -0.2) is 4.98 Å². The summed E-state index contributed by atoms with van der Waals surface area (Å²) in [4.78, 5) is 8.80. The zero-order chi connectivity index (χ0) is 16.3. The number of benzene rings is 1. The summed E-state index contributed by atoms with van der Waals surface area (Å²) in [5, 5.41) is 0. The van der Waals surface area contributed by atoms with E-state index in [1.165, 1.54) is 19.1 Å². The van der Waals surface area contributed by atoms with Crippen LogP contribution in [0.2, 0.25) is 0 Å². The second kappa shape index (κ2) is 6.21. The summed E-state index contributed by atoms with van der Waals surface area (Å²) in [7, 11) is 2.84. The fourth-order valence-corrected chi connectivity index (χ4v) is 2.02. The van der Waals surface area contributed by atoms with E-state index >= 15 is 0 Å². The number of aryl methyl sites for hydroxylation is 1. The number of methoxy groups -OCH3 is 1. The number of nitrogens with zero attached hydrogens (tertiary/aromatic N) is 3. The van der Waals surface area contributed by atoms with Crippen LogP contribution in [0.5, 0.6) is 6.01 Å². The highest BCUT2D eigenvalue weighted by Crippen LogP contribution is 2.37. The van der Waals surface area contributed by atoms with Gasteiger partial charge >= 0.3 is 12.2 Å². The van der Waals surface area contributed by atoms with Crippen molar-refractivity contribution in [2.24, 2.45) is 0 Å². The molecule has 0 N–H and O–H groups in total. The van der Waals surface area contributed by atoms with Crippen molar-refractivity contribution in [2.45, 2.75) is 19.5 Å². The van der Waals surface area contributed by atoms with Gasteiger partial charge in [0.15, 0.2) is 5.82 Å². The van der Waals surface area contributed by atoms with Gasteiger partial charge in [0.2, 0.25) is 0 Å². The topological polar surface area (TPSA) is 38.2 Å². The maximum absolute atomic E-state index is 13.2. The van der Waals surface area contributed by atoms with E-state index in [1.54, 1.807) is 12.1 Å². The molecule has 0 spiro atoms. The normalized spacial score (nSPS) is 11.4. The van der Waals surface area contributed by atoms with Crippen LogP contribution in [0.3, 0.4) is 0 Å². The predicted molar refractivity (Wildman–Crippen MR) is 77.5 cm³/mol. The van der Waals surface area contributed by atoms with Crippen molar-refractivity contribution in [1.82, 2.24) is 9.97 Å². The van der Waals surface area contributed by atoms with Gasteiger partial charge in [0.1, 0.15) is 5.56 Å². The molecule has 7 heteroatoms. The van der Waals surface area contributed by atoms with Gasteiger partial charge < -0.3 is 9.64 Å². The van der Waals surface area contributed by atoms with E-state index < -0.39 is 11.7 Å². The van der Waals surface area contributed by atoms with E-state index in [4.69, 9.17) is 4.74 Å². The van der Waals surface area contributed by atoms with Crippen molar-refractivity contribution < 1.29 is 17.9 Å². The van der Waals surface area contributed by atoms with E-state index in [2.05, 4.69) is 9.97 Å². The summed E-state index contributed by atoms with van der Waals surface area (Å²) in [6.45, 7) is 1.98. The van der Waals surface area contributed by atoms with E-state index in [0.717, 1.165) is 18.2 Å². The number of rotatable bonds is 4. The van der Waals surface area contributed by atoms with E-state index in [0.29, 0.717) is 5.69 Å². The van der Waals surface area contributed by atoms with Gasteiger partial charge in [-0.05, 0) is 24.1 Å². The average molecular weight is 311 g/mol. The first kappa shape index (κ1) is 16.1. The van der Waals surface area contributed by atoms with Crippen LogP contribution >= 0.6 is 0 Å². The molecule has 0 aliphatic rings. The molecule has 0 saturated heterocycles. The Bertz CT molecular complexity index is 659. The monoisotopic (exact) mass is 311 g/mol. The molecule has 0 fully saturated rings. The van der Waals surface area contributed by atoms with E-state index in [1.807, 2.05) is 19.1 Å². The maximum atomic E-state index is 13.2. The summed E-state index contributed by atoms with van der Waals surface area (Å²) in [6, 6.07) is 7.17. The molecule has 0 radical (unpaired) electrons. The molecule has 2 rings (SSSR count). The number of alkyl halides is 3. The lowest BCUT2D eigenvalue weighted by Crippen LogP contribution is -2.19. The van der Waals surface area contributed by atoms with Gasteiger partial charge in [-0.2, -0.15) is 18.2 Å². The molecule has 2 aromatic rings. The second-order valence-electron chi connectivity index (χ2n) is 4.67. The molecule has 1 aromatic carbocycles. The lowest BCUT2D eigenvalue weighted by molar-refractivity contribution is -0.137. The fraction of sp³-hybridized carbons (Fsp3) is 0.333. The average Bonchev–Trinajstić information content (AvgIpc) is 2.52. The fourth-order valence-electron chi connectivity index (χ4n) is 2.02. The zero-order valence-corrected chi connectivity index (χ0v) is 12.5. The molecule has 1 heterocycles. The summed E-state index contributed by atoms with van der Waals surface area (Å²) >= 11 is 0. The molecule has 0 aliphatic heterocycles. The highest BCUT2D eigenvalue weighted by Gasteiger charge is 2.36. The first-order valence-corrected chi connectivity index (χ1v) is 6.67. The van der Waals surface area contributed by atoms with Crippen LogP contribution in [-0.4, -0.2) is 24.1 Å². The number of hydrogen-bond donors (Lipinski definition) is 0. The summed E-state index contributed by atoms with van der Waals surface area (Å²) in [5.74, 6) is -0.243. The Morgan fingerprint density at radius 3 is 2.59 bits per heavy atom. The first-order chi connectivity index (χ1) is 10.4. The third-order valence-corrected chi connectivity index (χ3v) is 3.26. The molecule has 0 bridgehead atoms. The summed E-state index contributed by atoms with van der Waals surface area (Å²) in [5.41, 5.74) is 0.738. The molecule has 0 saturated carbocycles. The van der Waals surface area contributed by atoms with Crippen molar-refractivity contribution in [1.29, 1.82) is 0 Å². The summed E-state index contributed by atoms with van der Waals surface area (Å²) < 4.78 is 44.3. The van der Waals surface area contributed by atoms with Crippen LogP contribution in [-0.2, 0) is 12.6 Å². The van der Waals surface area contributed by atoms with E-state index in [9.17, 15) is 13.2 Å². The number of halogens is 3. The SMILES string of the molecule is CCc1cccc(N(C)c2nc(OC)ncc2C(F)(F)F)c1. The minimum Gasteiger partial charge on any atom is -0.467 e. The van der Waals surface area contributed by atoms with Crippen molar-refractivity contribution in [3.8, 4) is 6.01 Å². The molecule has 0 aliphatic carbocycles. The van der Waals surface area contributed by atoms with Crippen molar-refractivity contribution >= 4 is 11.5 Å². The lowest BCUT2D eigenvalue weighted by atomic mass is 10.1. The van der Waals surface area contributed by atoms with Gasteiger partial charge in [-0.15, -0.1) is 0 Å². The molecule has 1 aromatic heterocycles. The summed E-state index contributed by atoms with van der Waals surface area (Å²) in [6.07, 6.45) is -3.01. The van der Waals surface area contributed by atoms with Gasteiger partial charge in [0, 0.05) is 18.9 Å². The van der Waals surface area contributed by atoms with Crippen LogP contribution in [0.4, 0.5) is 24.7 Å². The van der Waals surface area contributed by atoms with Crippen LogP contribution in [0.25, 0.3) is 0 Å². The van der Waals surface area contributed by atoms with E-state index in [-0.39, 0.29) is 11.8 Å². The van der Waals surface area contributed by atoms with Gasteiger partial charge in [0.05, 0.1) is 7.11 Å². The maximum Gasteiger partial charge on any atom is 0.421 e. The molecule has 0 unspecified atom stereocenters. The molecule has 0 amide bonds. The minimum atomic E-state index is -4.54. The number of aromatic nitrogens is 2. The largest absolute Gasteiger partial charge is 0.467 e. The second-order valence-corrected chi connectivity index (χ2v) is 4.67. The Balaban J connectivity index is 2.53. The number of hydrogen-bond acceptors (Lipinski definition) is 4. The van der Waals surface area contributed by atoms with Crippen LogP contribution in [0.15, 0.2) is 30.5 Å². The highest BCUT2D eigenvalue weighted by atomic mass is 19.4. The lowest BCUT2D eigenvalue weighted by Gasteiger charge is -2.22. The molecule has 4 nitrogen and oxygen atoms in total. The van der Waals surface area contributed by atoms with Crippen LogP contribution in [0.1, 0.15) is 18.1 Å². The number of ether oxygens (including phenoxy) is 1. The third kappa shape index (κ3) is 3.29. The molecular weight excluding hydrogens is 295 g/mol. The minimum absolute atomic E-state index is 0.110. The van der Waals surface area contributed by atoms with Crippen LogP contribution < -0.4 is 9.64 Å². The molecule has 0 atom stereocenters. The first-order valence-electron chi connectivity index (χ1n) is 6.67. The number of anilines is 2. The van der Waals surface area contributed by atoms with Crippen molar-refractivity contribution in [2.75, 3.05) is 19.1 Å². The van der Waals surface area contributed by atoms with Gasteiger partial charge in [-0.1, -0.05) is 19.1 Å². The molecular formula is C15H16F3N3O. The van der Waals surface area contributed by atoms with Crippen molar-refractivity contribution in [3.05, 3.63) is 41.6 Å². The Kier molecular flexibility index (Phi) is 4.54. The Labute approximate surface area is 126 Å². The predicted octanol–water partition coefficient (Wildman–Crippen LogP) is 3.83. The zero-order valence-electron chi connectivity index (χ0n) is 12.5. The van der Waals surface area contributed by atoms with Gasteiger partial charge in [0.25, 0.3) is 0 Å². The van der Waals surface area contributed by atoms with Gasteiger partial charge in [-0.3, -0.25) is 0 Å². The molecule has 22 heavy (non-hydrogen) atoms. The highest BCUT2D eigenvalue weighted by molar-refractivity contribution is 5.63. The standard InChI is InChI=1S/C15H16F3N3O/c1-4-10-6-5-7-11(8-10)21(2)13-12(15(16,17)18)9-19-14(20-13)22-3/h5-9H,4H2,1-3H3. The Morgan fingerprint density at radius 1 is 1.27 bits per heavy atom. The quantitative estimate of drug-likeness (QED) is 0.860. The van der Waals surface area contributed by atoms with Crippen molar-refractivity contribution in [3.63, 3.8) is 0 Å².